The van der Waals surface area contributed by atoms with Gasteiger partial charge >= 0.3 is 0 Å². The first kappa shape index (κ1) is 17.8. The first-order valence-corrected chi connectivity index (χ1v) is 9.78. The first-order chi connectivity index (χ1) is 14.0. The molecule has 0 unspecified atom stereocenters. The van der Waals surface area contributed by atoms with Gasteiger partial charge in [0.1, 0.15) is 11.5 Å². The van der Waals surface area contributed by atoms with Crippen molar-refractivity contribution in [2.75, 3.05) is 13.1 Å². The Bertz CT molecular complexity index is 994. The smallest absolute Gasteiger partial charge is 0.270 e. The summed E-state index contributed by atoms with van der Waals surface area (Å²) < 4.78 is 13.1. The molecule has 6 nitrogen and oxygen atoms in total. The lowest BCUT2D eigenvalue weighted by Gasteiger charge is -2.43. The van der Waals surface area contributed by atoms with Crippen LogP contribution in [0.2, 0.25) is 0 Å². The van der Waals surface area contributed by atoms with Crippen molar-refractivity contribution in [2.45, 2.75) is 18.9 Å². The van der Waals surface area contributed by atoms with Crippen LogP contribution in [0.15, 0.2) is 48.7 Å². The third-order valence-corrected chi connectivity index (χ3v) is 6.15. The molecule has 0 radical (unpaired) electrons. The summed E-state index contributed by atoms with van der Waals surface area (Å²) in [7, 11) is 0. The molecular formula is C22H20FN3O3. The van der Waals surface area contributed by atoms with Crippen molar-refractivity contribution in [2.24, 2.45) is 11.8 Å². The monoisotopic (exact) mass is 393 g/mol. The number of benzene rings is 1. The molecule has 5 rings (SSSR count). The van der Waals surface area contributed by atoms with Gasteiger partial charge in [-0.15, -0.1) is 0 Å². The number of aromatic amines is 1. The average Bonchev–Trinajstić information content (AvgIpc) is 3.28. The summed E-state index contributed by atoms with van der Waals surface area (Å²) in [5.74, 6) is -1.15. The molecule has 2 saturated heterocycles. The highest BCUT2D eigenvalue weighted by Crippen LogP contribution is 2.37. The molecule has 1 aliphatic carbocycles. The highest BCUT2D eigenvalue weighted by Gasteiger charge is 2.52. The van der Waals surface area contributed by atoms with Crippen LogP contribution < -0.4 is 0 Å². The van der Waals surface area contributed by atoms with Gasteiger partial charge in [-0.05, 0) is 42.2 Å². The predicted molar refractivity (Wildman–Crippen MR) is 103 cm³/mol. The molecule has 7 heteroatoms. The number of amides is 3. The van der Waals surface area contributed by atoms with E-state index < -0.39 is 0 Å². The van der Waals surface area contributed by atoms with E-state index >= 15 is 0 Å². The van der Waals surface area contributed by atoms with E-state index in [9.17, 15) is 18.8 Å². The fourth-order valence-corrected chi connectivity index (χ4v) is 4.47. The van der Waals surface area contributed by atoms with Crippen LogP contribution >= 0.6 is 0 Å². The number of fused-ring (bicyclic) bond motifs is 1. The fraction of sp³-hybridized carbons (Fsp3) is 0.318. The molecule has 3 heterocycles. The van der Waals surface area contributed by atoms with Crippen LogP contribution in [0.3, 0.4) is 0 Å². The summed E-state index contributed by atoms with van der Waals surface area (Å²) >= 11 is 0. The Morgan fingerprint density at radius 2 is 1.59 bits per heavy atom. The largest absolute Gasteiger partial charge is 0.357 e. The van der Waals surface area contributed by atoms with Crippen LogP contribution in [0.4, 0.5) is 4.39 Å². The molecule has 0 spiro atoms. The lowest BCUT2D eigenvalue weighted by Crippen LogP contribution is -2.62. The Balaban J connectivity index is 1.24. The van der Waals surface area contributed by atoms with Gasteiger partial charge in [0.25, 0.3) is 5.91 Å². The maximum absolute atomic E-state index is 13.1. The van der Waals surface area contributed by atoms with Gasteiger partial charge in [-0.25, -0.2) is 4.39 Å². The highest BCUT2D eigenvalue weighted by molar-refractivity contribution is 6.06. The summed E-state index contributed by atoms with van der Waals surface area (Å²) in [5, 5.41) is 0. The number of halogens is 1. The Labute approximate surface area is 167 Å². The number of imide groups is 1. The zero-order valence-electron chi connectivity index (χ0n) is 15.7. The van der Waals surface area contributed by atoms with Crippen molar-refractivity contribution in [3.8, 4) is 11.1 Å². The number of carbonyl (C=O) groups excluding carboxylic acids is 3. The first-order valence-electron chi connectivity index (χ1n) is 9.78. The molecule has 148 valence electrons. The van der Waals surface area contributed by atoms with E-state index in [4.69, 9.17) is 0 Å². The number of carbonyl (C=O) groups is 3. The SMILES string of the molecule is O=C(c1cc(-c2ccc(F)cc2)c[nH]1)N1CC(N2C(=O)[C@H]3CC=CC[C@@H]3C2=O)C1. The Kier molecular flexibility index (Phi) is 4.12. The van der Waals surface area contributed by atoms with Crippen molar-refractivity contribution in [3.63, 3.8) is 0 Å². The standard InChI is InChI=1S/C22H20FN3O3/c23-15-7-5-13(6-8-15)14-9-19(24-10-14)22(29)25-11-16(12-25)26-20(27)17-3-1-2-4-18(17)21(26)28/h1-2,5-10,16-18,24H,3-4,11-12H2/t17-,18-/m0/s1. The van der Waals surface area contributed by atoms with Gasteiger partial charge in [-0.3, -0.25) is 19.3 Å². The average molecular weight is 393 g/mol. The summed E-state index contributed by atoms with van der Waals surface area (Å²) in [6, 6.07) is 7.56. The minimum Gasteiger partial charge on any atom is -0.357 e. The van der Waals surface area contributed by atoms with Gasteiger partial charge in [0.05, 0.1) is 17.9 Å². The molecule has 2 aromatic rings. The van der Waals surface area contributed by atoms with Gasteiger partial charge in [0.2, 0.25) is 11.8 Å². The molecule has 1 aromatic carbocycles. The molecule has 3 amide bonds. The number of rotatable bonds is 3. The Morgan fingerprint density at radius 3 is 2.21 bits per heavy atom. The van der Waals surface area contributed by atoms with Gasteiger partial charge in [-0.2, -0.15) is 0 Å². The van der Waals surface area contributed by atoms with E-state index in [2.05, 4.69) is 4.98 Å². The van der Waals surface area contributed by atoms with Crippen molar-refractivity contribution in [3.05, 3.63) is 60.2 Å². The van der Waals surface area contributed by atoms with Crippen molar-refractivity contribution >= 4 is 17.7 Å². The van der Waals surface area contributed by atoms with Gasteiger partial charge < -0.3 is 9.88 Å². The van der Waals surface area contributed by atoms with Crippen molar-refractivity contribution in [1.29, 1.82) is 0 Å². The van der Waals surface area contributed by atoms with Crippen LogP contribution in [0.5, 0.6) is 0 Å². The third kappa shape index (κ3) is 2.88. The lowest BCUT2D eigenvalue weighted by molar-refractivity contribution is -0.145. The summed E-state index contributed by atoms with van der Waals surface area (Å²) in [6.07, 6.45) is 6.89. The minimum absolute atomic E-state index is 0.0973. The van der Waals surface area contributed by atoms with Crippen LogP contribution in [-0.2, 0) is 9.59 Å². The number of likely N-dealkylation sites (tertiary alicyclic amines) is 2. The van der Waals surface area contributed by atoms with Gasteiger partial charge in [0, 0.05) is 19.3 Å². The van der Waals surface area contributed by atoms with Crippen LogP contribution in [0.25, 0.3) is 11.1 Å². The molecular weight excluding hydrogens is 373 g/mol. The number of hydrogen-bond acceptors (Lipinski definition) is 3. The summed E-state index contributed by atoms with van der Waals surface area (Å²) in [5.41, 5.74) is 2.04. The van der Waals surface area contributed by atoms with E-state index in [-0.39, 0.29) is 41.4 Å². The maximum atomic E-state index is 13.1. The second kappa shape index (κ2) is 6.69. The Morgan fingerprint density at radius 1 is 0.966 bits per heavy atom. The fourth-order valence-electron chi connectivity index (χ4n) is 4.47. The van der Waals surface area contributed by atoms with Gasteiger partial charge in [0.15, 0.2) is 0 Å². The number of nitrogens with one attached hydrogen (secondary N) is 1. The molecule has 1 N–H and O–H groups in total. The molecule has 0 saturated carbocycles. The molecule has 2 fully saturated rings. The number of H-pyrrole nitrogens is 1. The molecule has 1 aromatic heterocycles. The van der Waals surface area contributed by atoms with Crippen molar-refractivity contribution in [1.82, 2.24) is 14.8 Å². The third-order valence-electron chi connectivity index (χ3n) is 6.15. The Hall–Kier alpha value is -3.22. The highest BCUT2D eigenvalue weighted by atomic mass is 19.1. The van der Waals surface area contributed by atoms with E-state index in [0.717, 1.165) is 11.1 Å². The normalized spacial score (nSPS) is 24.0. The molecule has 2 atom stereocenters. The van der Waals surface area contributed by atoms with Gasteiger partial charge in [-0.1, -0.05) is 24.3 Å². The zero-order valence-corrected chi connectivity index (χ0v) is 15.7. The van der Waals surface area contributed by atoms with Crippen LogP contribution in [0, 0.1) is 17.7 Å². The summed E-state index contributed by atoms with van der Waals surface area (Å²) in [6.45, 7) is 0.710. The number of allylic oxidation sites excluding steroid dienone is 2. The number of nitrogens with zero attached hydrogens (tertiary/aromatic N) is 2. The quantitative estimate of drug-likeness (QED) is 0.644. The second-order valence-electron chi connectivity index (χ2n) is 7.88. The predicted octanol–water partition coefficient (Wildman–Crippen LogP) is 2.60. The molecule has 0 bridgehead atoms. The molecule has 2 aliphatic heterocycles. The van der Waals surface area contributed by atoms with E-state index in [1.54, 1.807) is 29.3 Å². The zero-order chi connectivity index (χ0) is 20.1. The van der Waals surface area contributed by atoms with E-state index in [1.807, 2.05) is 12.2 Å². The summed E-state index contributed by atoms with van der Waals surface area (Å²) in [4.78, 5) is 44.0. The van der Waals surface area contributed by atoms with Crippen LogP contribution in [0.1, 0.15) is 23.3 Å². The molecule has 29 heavy (non-hydrogen) atoms. The van der Waals surface area contributed by atoms with E-state index in [1.165, 1.54) is 17.0 Å². The number of hydrogen-bond donors (Lipinski definition) is 1. The van der Waals surface area contributed by atoms with E-state index in [0.29, 0.717) is 31.6 Å². The minimum atomic E-state index is -0.311. The topological polar surface area (TPSA) is 73.5 Å². The second-order valence-corrected chi connectivity index (χ2v) is 7.88. The lowest BCUT2D eigenvalue weighted by atomic mass is 9.85. The molecule has 3 aliphatic rings. The number of aromatic nitrogens is 1. The van der Waals surface area contributed by atoms with Crippen molar-refractivity contribution < 1.29 is 18.8 Å². The van der Waals surface area contributed by atoms with Crippen LogP contribution in [-0.4, -0.2) is 51.6 Å². The maximum Gasteiger partial charge on any atom is 0.270 e.